The number of nitrogens with one attached hydrogen (secondary N) is 1. The lowest BCUT2D eigenvalue weighted by Gasteiger charge is -2.33. The van der Waals surface area contributed by atoms with Crippen molar-refractivity contribution in [3.05, 3.63) is 96.1 Å². The second-order valence-electron chi connectivity index (χ2n) is 8.80. The summed E-state index contributed by atoms with van der Waals surface area (Å²) in [5.41, 5.74) is 2.34. The Morgan fingerprint density at radius 2 is 1.46 bits per heavy atom. The molecule has 0 aliphatic heterocycles. The quantitative estimate of drug-likeness (QED) is 0.388. The van der Waals surface area contributed by atoms with E-state index in [1.807, 2.05) is 51.1 Å². The van der Waals surface area contributed by atoms with Crippen molar-refractivity contribution < 1.29 is 18.0 Å². The molecule has 0 aliphatic carbocycles. The average molecular weight is 522 g/mol. The molecule has 3 aromatic carbocycles. The van der Waals surface area contributed by atoms with E-state index in [-0.39, 0.29) is 17.3 Å². The zero-order valence-corrected chi connectivity index (χ0v) is 22.4. The van der Waals surface area contributed by atoms with Crippen molar-refractivity contribution in [3.8, 4) is 0 Å². The van der Waals surface area contributed by atoms with Gasteiger partial charge in [0.25, 0.3) is 10.0 Å². The van der Waals surface area contributed by atoms with Crippen molar-refractivity contribution in [2.24, 2.45) is 0 Å². The standard InChI is InChI=1S/C29H35N3O4S/c1-4-27(29(34)30-5-2)31(21-20-24-12-8-6-9-13-24)28(33)22-32(25-14-10-7-11-15-25)37(35,36)26-18-16-23(3)17-19-26/h6-19,27H,4-5,20-22H2,1-3H3,(H,30,34)/t27-/m1/s1. The first-order valence-electron chi connectivity index (χ1n) is 12.5. The van der Waals surface area contributed by atoms with Crippen molar-refractivity contribution in [2.45, 2.75) is 44.6 Å². The Morgan fingerprint density at radius 3 is 2.03 bits per heavy atom. The van der Waals surface area contributed by atoms with Crippen LogP contribution in [0, 0.1) is 6.92 Å². The number of carbonyl (C=O) groups is 2. The fourth-order valence-corrected chi connectivity index (χ4v) is 5.56. The number of likely N-dealkylation sites (N-methyl/N-ethyl adjacent to an activating group) is 1. The van der Waals surface area contributed by atoms with Crippen molar-refractivity contribution in [2.75, 3.05) is 23.9 Å². The molecule has 1 atom stereocenters. The fraction of sp³-hybridized carbons (Fsp3) is 0.310. The van der Waals surface area contributed by atoms with E-state index in [4.69, 9.17) is 0 Å². The summed E-state index contributed by atoms with van der Waals surface area (Å²) in [5, 5.41) is 2.81. The first-order chi connectivity index (χ1) is 17.8. The molecule has 7 nitrogen and oxygen atoms in total. The first-order valence-corrected chi connectivity index (χ1v) is 14.0. The summed E-state index contributed by atoms with van der Waals surface area (Å²) in [6.45, 7) is 5.85. The van der Waals surface area contributed by atoms with Crippen LogP contribution in [0.5, 0.6) is 0 Å². The highest BCUT2D eigenvalue weighted by Crippen LogP contribution is 2.24. The number of hydrogen-bond acceptors (Lipinski definition) is 4. The molecule has 37 heavy (non-hydrogen) atoms. The van der Waals surface area contributed by atoms with E-state index >= 15 is 0 Å². The summed E-state index contributed by atoms with van der Waals surface area (Å²) in [7, 11) is -4.04. The zero-order valence-electron chi connectivity index (χ0n) is 21.6. The molecule has 196 valence electrons. The molecule has 0 aromatic heterocycles. The Morgan fingerprint density at radius 1 is 0.865 bits per heavy atom. The summed E-state index contributed by atoms with van der Waals surface area (Å²) >= 11 is 0. The Bertz CT molecular complexity index is 1260. The second-order valence-corrected chi connectivity index (χ2v) is 10.7. The smallest absolute Gasteiger partial charge is 0.264 e. The van der Waals surface area contributed by atoms with Crippen molar-refractivity contribution in [3.63, 3.8) is 0 Å². The minimum atomic E-state index is -4.04. The number of sulfonamides is 1. The van der Waals surface area contributed by atoms with E-state index in [9.17, 15) is 18.0 Å². The van der Waals surface area contributed by atoms with Gasteiger partial charge in [0.05, 0.1) is 10.6 Å². The Balaban J connectivity index is 1.97. The van der Waals surface area contributed by atoms with Crippen LogP contribution >= 0.6 is 0 Å². The molecule has 0 fully saturated rings. The van der Waals surface area contributed by atoms with Crippen molar-refractivity contribution in [1.29, 1.82) is 0 Å². The molecule has 0 unspecified atom stereocenters. The predicted octanol–water partition coefficient (Wildman–Crippen LogP) is 4.18. The third kappa shape index (κ3) is 7.20. The summed E-state index contributed by atoms with van der Waals surface area (Å²) in [4.78, 5) is 28.3. The number of nitrogens with zero attached hydrogens (tertiary/aromatic N) is 2. The number of anilines is 1. The third-order valence-electron chi connectivity index (χ3n) is 6.15. The minimum absolute atomic E-state index is 0.0985. The van der Waals surface area contributed by atoms with Crippen molar-refractivity contribution >= 4 is 27.5 Å². The summed E-state index contributed by atoms with van der Waals surface area (Å²) in [6, 6.07) is 24.1. The topological polar surface area (TPSA) is 86.8 Å². The lowest BCUT2D eigenvalue weighted by Crippen LogP contribution is -2.53. The SMILES string of the molecule is CCNC(=O)[C@@H](CC)N(CCc1ccccc1)C(=O)CN(c1ccccc1)S(=O)(=O)c1ccc(C)cc1. The summed E-state index contributed by atoms with van der Waals surface area (Å²) in [6.07, 6.45) is 0.945. The van der Waals surface area contributed by atoms with Gasteiger partial charge in [-0.2, -0.15) is 0 Å². The average Bonchev–Trinajstić information content (AvgIpc) is 2.90. The Kier molecular flexibility index (Phi) is 9.85. The van der Waals surface area contributed by atoms with Crippen LogP contribution < -0.4 is 9.62 Å². The van der Waals surface area contributed by atoms with Crippen LogP contribution in [0.15, 0.2) is 89.8 Å². The van der Waals surface area contributed by atoms with Gasteiger partial charge in [0, 0.05) is 13.1 Å². The highest BCUT2D eigenvalue weighted by Gasteiger charge is 2.33. The minimum Gasteiger partial charge on any atom is -0.355 e. The van der Waals surface area contributed by atoms with E-state index in [1.165, 1.54) is 4.90 Å². The van der Waals surface area contributed by atoms with Gasteiger partial charge in [-0.1, -0.05) is 73.2 Å². The molecule has 3 rings (SSSR count). The molecule has 3 aromatic rings. The molecule has 1 N–H and O–H groups in total. The van der Waals surface area contributed by atoms with Gasteiger partial charge in [-0.15, -0.1) is 0 Å². The van der Waals surface area contributed by atoms with Gasteiger partial charge in [-0.3, -0.25) is 13.9 Å². The second kappa shape index (κ2) is 13.1. The number of rotatable bonds is 12. The van der Waals surface area contributed by atoms with E-state index in [2.05, 4.69) is 5.32 Å². The number of amides is 2. The van der Waals surface area contributed by atoms with Crippen molar-refractivity contribution in [1.82, 2.24) is 10.2 Å². The molecule has 0 radical (unpaired) electrons. The maximum atomic E-state index is 13.8. The van der Waals surface area contributed by atoms with E-state index in [1.54, 1.807) is 54.6 Å². The van der Waals surface area contributed by atoms with Crippen LogP contribution in [0.3, 0.4) is 0 Å². The van der Waals surface area contributed by atoms with Crippen LogP contribution in [0.2, 0.25) is 0 Å². The molecule has 0 saturated heterocycles. The van der Waals surface area contributed by atoms with Gasteiger partial charge in [0.2, 0.25) is 11.8 Å². The number of aryl methyl sites for hydroxylation is 1. The number of hydrogen-bond donors (Lipinski definition) is 1. The maximum absolute atomic E-state index is 13.8. The van der Waals surface area contributed by atoms with Crippen LogP contribution in [-0.4, -0.2) is 50.8 Å². The maximum Gasteiger partial charge on any atom is 0.264 e. The normalized spacial score (nSPS) is 12.0. The summed E-state index contributed by atoms with van der Waals surface area (Å²) < 4.78 is 28.6. The van der Waals surface area contributed by atoms with Crippen LogP contribution in [0.4, 0.5) is 5.69 Å². The van der Waals surface area contributed by atoms with Gasteiger partial charge >= 0.3 is 0 Å². The van der Waals surface area contributed by atoms with Gasteiger partial charge in [-0.25, -0.2) is 8.42 Å². The first kappa shape index (κ1) is 27.9. The number of carbonyl (C=O) groups excluding carboxylic acids is 2. The molecule has 0 spiro atoms. The van der Waals surface area contributed by atoms with Gasteiger partial charge < -0.3 is 10.2 Å². The predicted molar refractivity (Wildman–Crippen MR) is 147 cm³/mol. The monoisotopic (exact) mass is 521 g/mol. The lowest BCUT2D eigenvalue weighted by molar-refractivity contribution is -0.139. The highest BCUT2D eigenvalue weighted by molar-refractivity contribution is 7.92. The Hall–Kier alpha value is -3.65. The molecular formula is C29H35N3O4S. The largest absolute Gasteiger partial charge is 0.355 e. The van der Waals surface area contributed by atoms with Crippen LogP contribution in [0.1, 0.15) is 31.4 Å². The van der Waals surface area contributed by atoms with E-state index < -0.39 is 28.5 Å². The Labute approximate surface area is 220 Å². The molecule has 2 amide bonds. The van der Waals surface area contributed by atoms with Gasteiger partial charge in [0.1, 0.15) is 12.6 Å². The molecular weight excluding hydrogens is 486 g/mol. The molecule has 0 bridgehead atoms. The number of para-hydroxylation sites is 1. The van der Waals surface area contributed by atoms with E-state index in [0.717, 1.165) is 15.4 Å². The molecule has 0 heterocycles. The molecule has 8 heteroatoms. The van der Waals surface area contributed by atoms with Crippen LogP contribution in [0.25, 0.3) is 0 Å². The van der Waals surface area contributed by atoms with Gasteiger partial charge in [-0.05, 0) is 56.5 Å². The molecule has 0 aliphatic rings. The zero-order chi connectivity index (χ0) is 26.8. The summed E-state index contributed by atoms with van der Waals surface area (Å²) in [5.74, 6) is -0.687. The number of benzene rings is 3. The highest BCUT2D eigenvalue weighted by atomic mass is 32.2. The van der Waals surface area contributed by atoms with Crippen LogP contribution in [-0.2, 0) is 26.0 Å². The fourth-order valence-electron chi connectivity index (χ4n) is 4.15. The molecule has 0 saturated carbocycles. The lowest BCUT2D eigenvalue weighted by atomic mass is 10.1. The van der Waals surface area contributed by atoms with E-state index in [0.29, 0.717) is 25.1 Å². The van der Waals surface area contributed by atoms with Gasteiger partial charge in [0.15, 0.2) is 0 Å². The third-order valence-corrected chi connectivity index (χ3v) is 7.94.